The van der Waals surface area contributed by atoms with Gasteiger partial charge in [-0.3, -0.25) is 4.79 Å². The molecule has 168 valence electrons. The number of aryl methyl sites for hydroxylation is 1. The third-order valence-corrected chi connectivity index (χ3v) is 9.07. The highest BCUT2D eigenvalue weighted by atomic mass is 19.3. The van der Waals surface area contributed by atoms with Crippen LogP contribution in [0, 0.1) is 36.5 Å². The molecule has 0 amide bonds. The first-order valence-corrected chi connectivity index (χ1v) is 11.7. The zero-order valence-corrected chi connectivity index (χ0v) is 18.8. The molecular weight excluding hydrogens is 406 g/mol. The number of benzene rings is 1. The van der Waals surface area contributed by atoms with E-state index in [1.165, 1.54) is 11.1 Å². The van der Waals surface area contributed by atoms with E-state index < -0.39 is 16.9 Å². The van der Waals surface area contributed by atoms with Crippen molar-refractivity contribution in [1.82, 2.24) is 0 Å². The number of hydrogen-bond donors (Lipinski definition) is 1. The lowest BCUT2D eigenvalue weighted by Crippen LogP contribution is -2.59. The number of carbonyl (C=O) groups excluding carboxylic acids is 1. The molecule has 0 spiro atoms. The lowest BCUT2D eigenvalue weighted by molar-refractivity contribution is -0.209. The molecule has 0 saturated heterocycles. The molecule has 3 unspecified atom stereocenters. The summed E-state index contributed by atoms with van der Waals surface area (Å²) in [6.45, 7) is 3.87. The number of aliphatic hydroxyl groups is 1. The second-order valence-electron chi connectivity index (χ2n) is 10.5. The molecule has 0 radical (unpaired) electrons. The maximum atomic E-state index is 15.0. The number of hydrogen-bond acceptors (Lipinski definition) is 2. The average molecular weight is 437 g/mol. The molecule has 4 aliphatic carbocycles. The molecule has 0 aliphatic heterocycles. The number of halogens is 2. The Hall–Kier alpha value is -2.25. The molecule has 2 nitrogen and oxygen atoms in total. The third kappa shape index (κ3) is 2.83. The highest BCUT2D eigenvalue weighted by molar-refractivity contribution is 5.93. The number of rotatable bonds is 2. The fourth-order valence-electron chi connectivity index (χ4n) is 7.40. The second kappa shape index (κ2) is 7.12. The fourth-order valence-corrected chi connectivity index (χ4v) is 7.40. The van der Waals surface area contributed by atoms with Crippen LogP contribution in [0.15, 0.2) is 47.1 Å². The maximum Gasteiger partial charge on any atom is 0.336 e. The van der Waals surface area contributed by atoms with Gasteiger partial charge in [0.05, 0.1) is 0 Å². The Labute approximate surface area is 188 Å². The third-order valence-electron chi connectivity index (χ3n) is 9.07. The van der Waals surface area contributed by atoms with Gasteiger partial charge in [-0.25, -0.2) is 0 Å². The molecule has 4 aliphatic rings. The number of carbonyl (C=O) groups is 1. The summed E-state index contributed by atoms with van der Waals surface area (Å²) < 4.78 is 30.1. The lowest BCUT2D eigenvalue weighted by atomic mass is 9.50. The van der Waals surface area contributed by atoms with Gasteiger partial charge in [-0.1, -0.05) is 42.3 Å². The van der Waals surface area contributed by atoms with Gasteiger partial charge in [0.15, 0.2) is 5.78 Å². The number of allylic oxidation sites excluding steroid dienone is 4. The van der Waals surface area contributed by atoms with Gasteiger partial charge in [0.2, 0.25) is 0 Å². The average Bonchev–Trinajstić information content (AvgIpc) is 3.05. The molecule has 5 atom stereocenters. The Balaban J connectivity index is 1.70. The van der Waals surface area contributed by atoms with Gasteiger partial charge in [-0.15, -0.1) is 6.42 Å². The minimum absolute atomic E-state index is 0.0201. The van der Waals surface area contributed by atoms with Crippen LogP contribution in [0.1, 0.15) is 68.9 Å². The van der Waals surface area contributed by atoms with Crippen molar-refractivity contribution < 1.29 is 18.7 Å². The predicted molar refractivity (Wildman–Crippen MR) is 120 cm³/mol. The summed E-state index contributed by atoms with van der Waals surface area (Å²) >= 11 is 0. The van der Waals surface area contributed by atoms with Crippen molar-refractivity contribution in [2.24, 2.45) is 17.3 Å². The molecule has 2 fully saturated rings. The van der Waals surface area contributed by atoms with E-state index in [1.807, 2.05) is 13.8 Å². The van der Waals surface area contributed by atoms with Crippen LogP contribution in [0.2, 0.25) is 0 Å². The molecule has 0 heterocycles. The molecule has 4 heteroatoms. The van der Waals surface area contributed by atoms with Crippen molar-refractivity contribution in [2.75, 3.05) is 0 Å². The van der Waals surface area contributed by atoms with E-state index >= 15 is 8.78 Å². The first-order valence-electron chi connectivity index (χ1n) is 11.7. The molecular formula is C28H30F2O2. The van der Waals surface area contributed by atoms with Crippen molar-refractivity contribution in [3.63, 3.8) is 0 Å². The predicted octanol–water partition coefficient (Wildman–Crippen LogP) is 5.89. The molecule has 0 bridgehead atoms. The van der Waals surface area contributed by atoms with Crippen LogP contribution in [0.25, 0.3) is 0 Å². The van der Waals surface area contributed by atoms with Gasteiger partial charge >= 0.3 is 5.92 Å². The van der Waals surface area contributed by atoms with Gasteiger partial charge in [0, 0.05) is 17.8 Å². The molecule has 0 aromatic heterocycles. The minimum atomic E-state index is -3.57. The molecule has 1 aromatic carbocycles. The van der Waals surface area contributed by atoms with E-state index in [-0.39, 0.29) is 30.0 Å². The monoisotopic (exact) mass is 436 g/mol. The van der Waals surface area contributed by atoms with Crippen LogP contribution in [-0.4, -0.2) is 22.4 Å². The van der Waals surface area contributed by atoms with E-state index in [4.69, 9.17) is 6.42 Å². The van der Waals surface area contributed by atoms with Gasteiger partial charge in [0.1, 0.15) is 5.60 Å². The Kier molecular flexibility index (Phi) is 4.81. The van der Waals surface area contributed by atoms with Gasteiger partial charge in [0.25, 0.3) is 0 Å². The standard InChI is InChI=1S/C28H30F2O2/c1-4-28(29,30)27(32)14-13-24-22-11-9-19-15-20(31)10-12-21(19)25(22)23(16-26(24,27)3)18-7-5-17(2)6-8-18/h1,5-8,15,22-24,32H,9-14,16H2,2-3H3/t22?,23?,24?,26-,27-/m0/s1. The molecule has 32 heavy (non-hydrogen) atoms. The van der Waals surface area contributed by atoms with Crippen molar-refractivity contribution >= 4 is 5.78 Å². The van der Waals surface area contributed by atoms with Crippen molar-refractivity contribution in [1.29, 1.82) is 0 Å². The number of fused-ring (bicyclic) bond motifs is 4. The summed E-state index contributed by atoms with van der Waals surface area (Å²) in [6.07, 6.45) is 10.9. The maximum absolute atomic E-state index is 15.0. The summed E-state index contributed by atoms with van der Waals surface area (Å²) in [6, 6.07) is 8.30. The van der Waals surface area contributed by atoms with Crippen molar-refractivity contribution in [2.45, 2.75) is 76.2 Å². The summed E-state index contributed by atoms with van der Waals surface area (Å²) in [7, 11) is 0. The quantitative estimate of drug-likeness (QED) is 0.587. The summed E-state index contributed by atoms with van der Waals surface area (Å²) in [5.74, 6) is -1.75. The van der Waals surface area contributed by atoms with Gasteiger partial charge < -0.3 is 5.11 Å². The Bertz CT molecular complexity index is 1070. The molecule has 2 saturated carbocycles. The number of terminal acetylenes is 1. The highest BCUT2D eigenvalue weighted by Crippen LogP contribution is 2.69. The van der Waals surface area contributed by atoms with E-state index in [1.54, 1.807) is 12.0 Å². The largest absolute Gasteiger partial charge is 0.382 e. The first-order chi connectivity index (χ1) is 15.1. The van der Waals surface area contributed by atoms with Crippen LogP contribution in [0.3, 0.4) is 0 Å². The van der Waals surface area contributed by atoms with Gasteiger partial charge in [-0.05, 0) is 86.0 Å². The van der Waals surface area contributed by atoms with Crippen molar-refractivity contribution in [3.8, 4) is 12.3 Å². The number of alkyl halides is 2. The zero-order valence-electron chi connectivity index (χ0n) is 18.8. The molecule has 1 N–H and O–H groups in total. The lowest BCUT2D eigenvalue weighted by Gasteiger charge is -2.55. The second-order valence-corrected chi connectivity index (χ2v) is 10.5. The summed E-state index contributed by atoms with van der Waals surface area (Å²) in [5, 5.41) is 11.5. The minimum Gasteiger partial charge on any atom is -0.382 e. The fraction of sp³-hybridized carbons (Fsp3) is 0.536. The van der Waals surface area contributed by atoms with E-state index in [2.05, 4.69) is 24.3 Å². The number of ketones is 1. The molecule has 5 rings (SSSR count). The zero-order chi connectivity index (χ0) is 22.9. The van der Waals surface area contributed by atoms with Crippen LogP contribution in [0.5, 0.6) is 0 Å². The highest BCUT2D eigenvalue weighted by Gasteiger charge is 2.71. The Morgan fingerprint density at radius 2 is 1.88 bits per heavy atom. The van der Waals surface area contributed by atoms with Crippen LogP contribution >= 0.6 is 0 Å². The van der Waals surface area contributed by atoms with E-state index in [0.717, 1.165) is 36.0 Å². The van der Waals surface area contributed by atoms with Crippen LogP contribution in [0.4, 0.5) is 8.78 Å². The summed E-state index contributed by atoms with van der Waals surface area (Å²) in [4.78, 5) is 12.1. The van der Waals surface area contributed by atoms with Crippen LogP contribution < -0.4 is 0 Å². The Morgan fingerprint density at radius 1 is 1.16 bits per heavy atom. The topological polar surface area (TPSA) is 37.3 Å². The van der Waals surface area contributed by atoms with E-state index in [9.17, 15) is 9.90 Å². The SMILES string of the molecule is C#CC(F)(F)[C@]1(O)CCC2C3CCC4=CC(=O)CCC4=C3C(c3ccc(C)cc3)C[C@@]21C. The smallest absolute Gasteiger partial charge is 0.336 e. The van der Waals surface area contributed by atoms with E-state index in [0.29, 0.717) is 19.3 Å². The van der Waals surface area contributed by atoms with Gasteiger partial charge in [-0.2, -0.15) is 8.78 Å². The first kappa shape index (κ1) is 21.6. The summed E-state index contributed by atoms with van der Waals surface area (Å²) in [5.41, 5.74) is 2.78. The van der Waals surface area contributed by atoms with Crippen molar-refractivity contribution in [3.05, 3.63) is 58.2 Å². The van der Waals surface area contributed by atoms with Crippen LogP contribution in [-0.2, 0) is 4.79 Å². The Morgan fingerprint density at radius 3 is 2.56 bits per heavy atom. The normalized spacial score (nSPS) is 36.7. The molecule has 1 aromatic rings.